The second-order valence-corrected chi connectivity index (χ2v) is 4.89. The smallest absolute Gasteiger partial charge is 0.312 e. The Bertz CT molecular complexity index is 683. The fraction of sp³-hybridized carbons (Fsp3) is 0.267. The van der Waals surface area contributed by atoms with E-state index in [4.69, 9.17) is 4.74 Å². The Kier molecular flexibility index (Phi) is 4.18. The highest BCUT2D eigenvalue weighted by atomic mass is 16.6. The summed E-state index contributed by atoms with van der Waals surface area (Å²) in [4.78, 5) is 14.7. The van der Waals surface area contributed by atoms with Gasteiger partial charge in [-0.25, -0.2) is 4.98 Å². The fourth-order valence-corrected chi connectivity index (χ4v) is 2.05. The van der Waals surface area contributed by atoms with Gasteiger partial charge in [-0.1, -0.05) is 6.07 Å². The van der Waals surface area contributed by atoms with Crippen molar-refractivity contribution in [1.29, 1.82) is 0 Å². The van der Waals surface area contributed by atoms with Gasteiger partial charge in [-0.05, 0) is 43.5 Å². The Labute approximate surface area is 122 Å². The zero-order valence-corrected chi connectivity index (χ0v) is 12.0. The van der Waals surface area contributed by atoms with Crippen molar-refractivity contribution in [2.45, 2.75) is 26.9 Å². The van der Waals surface area contributed by atoms with Gasteiger partial charge in [0.25, 0.3) is 0 Å². The van der Waals surface area contributed by atoms with E-state index in [0.717, 1.165) is 5.56 Å². The summed E-state index contributed by atoms with van der Waals surface area (Å²) in [6, 6.07) is 6.49. The molecule has 0 radical (unpaired) electrons. The predicted molar refractivity (Wildman–Crippen MR) is 77.5 cm³/mol. The number of ether oxygens (including phenoxy) is 1. The Hall–Kier alpha value is -2.47. The van der Waals surface area contributed by atoms with E-state index < -0.39 is 11.0 Å². The average molecular weight is 288 g/mol. The molecule has 0 fully saturated rings. The minimum atomic E-state index is -0.663. The summed E-state index contributed by atoms with van der Waals surface area (Å²) in [5.74, 6) is 0.379. The van der Waals surface area contributed by atoms with Crippen LogP contribution < -0.4 is 4.74 Å². The molecule has 0 bridgehead atoms. The molecule has 0 unspecified atom stereocenters. The number of aliphatic hydroxyl groups is 1. The number of nitro groups is 1. The van der Waals surface area contributed by atoms with Crippen molar-refractivity contribution in [3.63, 3.8) is 0 Å². The maximum absolute atomic E-state index is 11.2. The van der Waals surface area contributed by atoms with Gasteiger partial charge in [0.1, 0.15) is 0 Å². The van der Waals surface area contributed by atoms with Crippen molar-refractivity contribution in [3.8, 4) is 11.6 Å². The van der Waals surface area contributed by atoms with Gasteiger partial charge in [-0.3, -0.25) is 10.1 Å². The van der Waals surface area contributed by atoms with Crippen LogP contribution in [0.2, 0.25) is 0 Å². The monoisotopic (exact) mass is 288 g/mol. The molecule has 0 amide bonds. The SMILES string of the molecule is Cc1cc(C)c(Oc2cc([C@H](C)O)ccn2)c([N+](=O)[O-])c1. The van der Waals surface area contributed by atoms with E-state index in [-0.39, 0.29) is 17.3 Å². The molecule has 6 nitrogen and oxygen atoms in total. The molecule has 1 aromatic heterocycles. The van der Waals surface area contributed by atoms with Crippen LogP contribution in [-0.2, 0) is 0 Å². The van der Waals surface area contributed by atoms with Crippen LogP contribution in [-0.4, -0.2) is 15.0 Å². The predicted octanol–water partition coefficient (Wildman–Crippen LogP) is 3.45. The molecule has 0 aliphatic rings. The quantitative estimate of drug-likeness (QED) is 0.688. The number of aryl methyl sites for hydroxylation is 2. The van der Waals surface area contributed by atoms with Crippen LogP contribution in [0.25, 0.3) is 0 Å². The van der Waals surface area contributed by atoms with Gasteiger partial charge in [-0.2, -0.15) is 0 Å². The Morgan fingerprint density at radius 2 is 2.05 bits per heavy atom. The maximum Gasteiger partial charge on any atom is 0.312 e. The van der Waals surface area contributed by atoms with Crippen molar-refractivity contribution in [3.05, 3.63) is 57.3 Å². The van der Waals surface area contributed by atoms with Crippen molar-refractivity contribution < 1.29 is 14.8 Å². The number of pyridine rings is 1. The summed E-state index contributed by atoms with van der Waals surface area (Å²) in [5, 5.41) is 20.7. The normalized spacial score (nSPS) is 12.0. The standard InChI is InChI=1S/C15H16N2O4/c1-9-6-10(2)15(13(7-9)17(19)20)21-14-8-12(11(3)18)4-5-16-14/h4-8,11,18H,1-3H3/t11-/m0/s1. The molecule has 0 aliphatic carbocycles. The first-order chi connectivity index (χ1) is 9.88. The van der Waals surface area contributed by atoms with Crippen LogP contribution in [0, 0.1) is 24.0 Å². The number of rotatable bonds is 4. The van der Waals surface area contributed by atoms with Crippen molar-refractivity contribution in [1.82, 2.24) is 4.98 Å². The van der Waals surface area contributed by atoms with E-state index in [1.807, 2.05) is 0 Å². The molecule has 2 rings (SSSR count). The van der Waals surface area contributed by atoms with Gasteiger partial charge < -0.3 is 9.84 Å². The lowest BCUT2D eigenvalue weighted by Crippen LogP contribution is -1.99. The molecule has 0 saturated carbocycles. The highest BCUT2D eigenvalue weighted by Gasteiger charge is 2.20. The summed E-state index contributed by atoms with van der Waals surface area (Å²) in [6.07, 6.45) is 0.830. The third-order valence-corrected chi connectivity index (χ3v) is 3.04. The molecule has 0 spiro atoms. The van der Waals surface area contributed by atoms with Crippen LogP contribution in [0.1, 0.15) is 29.7 Å². The maximum atomic E-state index is 11.2. The van der Waals surface area contributed by atoms with Gasteiger partial charge >= 0.3 is 5.69 Å². The number of benzene rings is 1. The highest BCUT2D eigenvalue weighted by molar-refractivity contribution is 5.54. The summed E-state index contributed by atoms with van der Waals surface area (Å²) in [6.45, 7) is 5.16. The number of hydrogen-bond donors (Lipinski definition) is 1. The summed E-state index contributed by atoms with van der Waals surface area (Å²) >= 11 is 0. The molecule has 0 aliphatic heterocycles. The van der Waals surface area contributed by atoms with E-state index in [9.17, 15) is 15.2 Å². The zero-order chi connectivity index (χ0) is 15.6. The average Bonchev–Trinajstić information content (AvgIpc) is 2.41. The number of aliphatic hydroxyl groups excluding tert-OH is 1. The fourth-order valence-electron chi connectivity index (χ4n) is 2.05. The van der Waals surface area contributed by atoms with Gasteiger partial charge in [0, 0.05) is 18.3 Å². The molecular formula is C15H16N2O4. The Balaban J connectivity index is 2.44. The Morgan fingerprint density at radius 3 is 2.67 bits per heavy atom. The van der Waals surface area contributed by atoms with Crippen molar-refractivity contribution in [2.75, 3.05) is 0 Å². The number of hydrogen-bond acceptors (Lipinski definition) is 5. The number of aromatic nitrogens is 1. The van der Waals surface area contributed by atoms with Gasteiger partial charge in [0.2, 0.25) is 11.6 Å². The summed E-state index contributed by atoms with van der Waals surface area (Å²) < 4.78 is 5.58. The van der Waals surface area contributed by atoms with Crippen LogP contribution in [0.3, 0.4) is 0 Å². The third-order valence-electron chi connectivity index (χ3n) is 3.04. The lowest BCUT2D eigenvalue weighted by Gasteiger charge is -2.11. The van der Waals surface area contributed by atoms with Crippen LogP contribution >= 0.6 is 0 Å². The Morgan fingerprint density at radius 1 is 1.33 bits per heavy atom. The number of nitro benzene ring substituents is 1. The van der Waals surface area contributed by atoms with Gasteiger partial charge in [0.05, 0.1) is 11.0 Å². The molecule has 1 atom stereocenters. The molecule has 1 N–H and O–H groups in total. The number of nitrogens with zero attached hydrogens (tertiary/aromatic N) is 2. The molecule has 21 heavy (non-hydrogen) atoms. The molecular weight excluding hydrogens is 272 g/mol. The van der Waals surface area contributed by atoms with Crippen LogP contribution in [0.15, 0.2) is 30.5 Å². The first-order valence-corrected chi connectivity index (χ1v) is 6.46. The second kappa shape index (κ2) is 5.88. The minimum Gasteiger partial charge on any atom is -0.432 e. The zero-order valence-electron chi connectivity index (χ0n) is 12.0. The first kappa shape index (κ1) is 14.9. The van der Waals surface area contributed by atoms with Crippen LogP contribution in [0.4, 0.5) is 5.69 Å². The lowest BCUT2D eigenvalue weighted by atomic mass is 10.1. The van der Waals surface area contributed by atoms with E-state index in [1.54, 1.807) is 39.0 Å². The minimum absolute atomic E-state index is 0.100. The van der Waals surface area contributed by atoms with Crippen molar-refractivity contribution in [2.24, 2.45) is 0 Å². The van der Waals surface area contributed by atoms with E-state index in [2.05, 4.69) is 4.98 Å². The second-order valence-electron chi connectivity index (χ2n) is 4.89. The molecule has 6 heteroatoms. The third kappa shape index (κ3) is 3.35. The lowest BCUT2D eigenvalue weighted by molar-refractivity contribution is -0.385. The molecule has 1 heterocycles. The van der Waals surface area contributed by atoms with E-state index >= 15 is 0 Å². The van der Waals surface area contributed by atoms with E-state index in [1.165, 1.54) is 12.3 Å². The first-order valence-electron chi connectivity index (χ1n) is 6.46. The highest BCUT2D eigenvalue weighted by Crippen LogP contribution is 2.35. The molecule has 0 saturated heterocycles. The molecule has 2 aromatic rings. The summed E-state index contributed by atoms with van der Waals surface area (Å²) in [5.41, 5.74) is 1.98. The van der Waals surface area contributed by atoms with Crippen LogP contribution in [0.5, 0.6) is 11.6 Å². The molecule has 1 aromatic carbocycles. The largest absolute Gasteiger partial charge is 0.432 e. The van der Waals surface area contributed by atoms with Gasteiger partial charge in [-0.15, -0.1) is 0 Å². The molecule has 110 valence electrons. The topological polar surface area (TPSA) is 85.5 Å². The van der Waals surface area contributed by atoms with E-state index in [0.29, 0.717) is 11.1 Å². The van der Waals surface area contributed by atoms with Gasteiger partial charge in [0.15, 0.2) is 0 Å². The summed E-state index contributed by atoms with van der Waals surface area (Å²) in [7, 11) is 0. The van der Waals surface area contributed by atoms with Crippen molar-refractivity contribution >= 4 is 5.69 Å².